The number of hydrogen-bond donors (Lipinski definition) is 6. The maximum atomic E-state index is 13.6. The number of amides is 4. The minimum Gasteiger partial charge on any atom is -0.507 e. The van der Waals surface area contributed by atoms with Crippen LogP contribution in [-0.4, -0.2) is 125 Å². The third kappa shape index (κ3) is 17.0. The van der Waals surface area contributed by atoms with Crippen LogP contribution in [0.15, 0.2) is 146 Å². The lowest BCUT2D eigenvalue weighted by atomic mass is 10.1. The number of benzene rings is 7. The summed E-state index contributed by atoms with van der Waals surface area (Å²) in [6.45, 7) is 9.21. The molecule has 2 saturated heterocycles. The molecule has 0 spiro atoms. The zero-order chi connectivity index (χ0) is 70.3. The molecule has 6 N–H and O–H groups in total. The zero-order valence-corrected chi connectivity index (χ0v) is 59.2. The molecule has 20 nitrogen and oxygen atoms in total. The van der Waals surface area contributed by atoms with Gasteiger partial charge in [0.15, 0.2) is 0 Å². The van der Waals surface area contributed by atoms with E-state index in [4.69, 9.17) is 60.6 Å². The van der Waals surface area contributed by atoms with Gasteiger partial charge in [0.05, 0.1) is 29.4 Å². The molecular formula is C73H72Cl4N8O12S2. The maximum absolute atomic E-state index is 13.6. The fraction of sp³-hybridized carbons (Fsp3) is 0.274. The van der Waals surface area contributed by atoms with Crippen LogP contribution < -0.4 is 23.7 Å². The van der Waals surface area contributed by atoms with Gasteiger partial charge in [-0.15, -0.1) is 0 Å². The number of carbonyl (C=O) groups is 4. The van der Waals surface area contributed by atoms with E-state index in [0.29, 0.717) is 121 Å². The quantitative estimate of drug-likeness (QED) is 0.0366. The van der Waals surface area contributed by atoms with Gasteiger partial charge in [0.25, 0.3) is 23.6 Å². The Labute approximate surface area is 593 Å². The summed E-state index contributed by atoms with van der Waals surface area (Å²) in [6.07, 6.45) is 2.67. The molecular weight excluding hydrogens is 1390 g/mol. The average Bonchev–Trinajstić information content (AvgIpc) is 1.64. The Balaban J connectivity index is 0.000000200. The molecule has 0 bridgehead atoms. The van der Waals surface area contributed by atoms with Gasteiger partial charge in [-0.05, 0) is 210 Å². The number of piperidine rings is 2. The van der Waals surface area contributed by atoms with Crippen molar-refractivity contribution >= 4 is 112 Å². The molecule has 12 rings (SSSR count). The van der Waals surface area contributed by atoms with Crippen molar-refractivity contribution in [3.8, 4) is 40.0 Å². The third-order valence-corrected chi connectivity index (χ3v) is 22.8. The highest BCUT2D eigenvalue weighted by Crippen LogP contribution is 2.34. The van der Waals surface area contributed by atoms with Crippen LogP contribution in [-0.2, 0) is 32.9 Å². The summed E-state index contributed by atoms with van der Waals surface area (Å²) in [7, 11) is -8.14. The van der Waals surface area contributed by atoms with Gasteiger partial charge in [0.1, 0.15) is 45.8 Å². The average molecular weight is 1460 g/mol. The van der Waals surface area contributed by atoms with E-state index in [9.17, 15) is 41.1 Å². The van der Waals surface area contributed by atoms with Gasteiger partial charge in [-0.3, -0.25) is 24.3 Å². The Morgan fingerprint density at radius 2 is 0.990 bits per heavy atom. The molecule has 2 aliphatic heterocycles. The van der Waals surface area contributed by atoms with E-state index < -0.39 is 42.4 Å². The number of halogens is 4. The second-order valence-electron chi connectivity index (χ2n) is 24.5. The molecule has 7 aromatic carbocycles. The first-order valence-corrected chi connectivity index (χ1v) is 36.8. The smallest absolute Gasteiger partial charge is 0.281 e. The number of aromatic nitrogens is 4. The van der Waals surface area contributed by atoms with Crippen LogP contribution in [0, 0.1) is 27.7 Å². The van der Waals surface area contributed by atoms with Crippen molar-refractivity contribution in [3.63, 3.8) is 0 Å². The molecule has 0 atom stereocenters. The number of nitrogens with one attached hydrogen (secondary N) is 5. The first kappa shape index (κ1) is 71.3. The van der Waals surface area contributed by atoms with Crippen molar-refractivity contribution in [2.75, 3.05) is 39.4 Å². The van der Waals surface area contributed by atoms with Crippen molar-refractivity contribution in [1.82, 2.24) is 39.4 Å². The van der Waals surface area contributed by atoms with Crippen LogP contribution in [0.1, 0.15) is 114 Å². The van der Waals surface area contributed by atoms with E-state index in [2.05, 4.69) is 29.6 Å². The Bertz CT molecular complexity index is 4870. The first-order valence-electron chi connectivity index (χ1n) is 32.2. The second-order valence-corrected chi connectivity index (χ2v) is 30.1. The molecule has 26 heteroatoms. The number of hydrogen-bond acceptors (Lipinski definition) is 13. The SMILES string of the molecule is Cc1cc(OCCCc2c(C(=O)NS(=O)(=O)C3CCN(C(=O)c4cc(-c5ccccc5O)n[nH]4)CC3)[nH]c3cc(Cl)ccc23)cc(C)c1Cl.Cc1cc(OCCCc2c(C(=O)NS(=O)(=O)C3CCN(C(=O)c4cccc(Oc5ccccc5)c4)CC3)[nH]c3cc(Cl)ccc23)cc(C)c1Cl. The lowest BCUT2D eigenvalue weighted by molar-refractivity contribution is 0.0714. The summed E-state index contributed by atoms with van der Waals surface area (Å²) in [5.74, 6) is 0.572. The number of aromatic amines is 3. The van der Waals surface area contributed by atoms with Crippen molar-refractivity contribution in [2.24, 2.45) is 0 Å². The lowest BCUT2D eigenvalue weighted by Gasteiger charge is -2.31. The van der Waals surface area contributed by atoms with Crippen LogP contribution >= 0.6 is 46.4 Å². The standard InChI is InChI=1S/C38H37Cl2N3O6S.C35H35Cl2N5O6S/c1-24-20-30(21-25(2)35(24)40)48-19-7-12-33-32-14-13-27(39)23-34(32)41-36(33)37(44)42-50(46,47)31-15-17-43(18-16-31)38(45)26-8-6-11-29(22-26)49-28-9-4-3-5-10-28;1-20-16-23(17-21(2)32(20)37)48-15-5-7-26-25-10-9-22(36)18-28(25)38-33(26)34(44)41-49(46,47)24-11-13-42(14-12-24)35(45)30-19-29(39-40-30)27-6-3-4-8-31(27)43/h3-6,8-11,13-14,20-23,31,41H,7,12,15-19H2,1-2H3,(H,42,44);3-4,6,8-10,16-19,24,38,43H,5,7,11-15H2,1-2H3,(H,39,40)(H,41,44). The number of nitrogens with zero attached hydrogens (tertiary/aromatic N) is 3. The van der Waals surface area contributed by atoms with Crippen molar-refractivity contribution in [1.29, 1.82) is 0 Å². The number of carbonyl (C=O) groups excluding carboxylic acids is 4. The Morgan fingerprint density at radius 1 is 0.535 bits per heavy atom. The Hall–Kier alpha value is -9.03. The van der Waals surface area contributed by atoms with E-state index >= 15 is 0 Å². The molecule has 10 aromatic rings. The summed E-state index contributed by atoms with van der Waals surface area (Å²) >= 11 is 25.0. The van der Waals surface area contributed by atoms with Crippen LogP contribution in [0.4, 0.5) is 0 Å². The normalized spacial score (nSPS) is 13.8. The second kappa shape index (κ2) is 31.0. The molecule has 0 unspecified atom stereocenters. The molecule has 3 aromatic heterocycles. The Kier molecular flexibility index (Phi) is 22.3. The van der Waals surface area contributed by atoms with Gasteiger partial charge in [0.2, 0.25) is 20.0 Å². The number of phenolic OH excluding ortho intramolecular Hbond substituents is 1. The van der Waals surface area contributed by atoms with Gasteiger partial charge in [-0.25, -0.2) is 26.3 Å². The van der Waals surface area contributed by atoms with Gasteiger partial charge >= 0.3 is 0 Å². The zero-order valence-electron chi connectivity index (χ0n) is 54.5. The minimum absolute atomic E-state index is 0.0396. The number of aryl methyl sites for hydroxylation is 6. The van der Waals surface area contributed by atoms with E-state index in [1.54, 1.807) is 88.7 Å². The summed E-state index contributed by atoms with van der Waals surface area (Å²) in [5.41, 5.74) is 8.14. The summed E-state index contributed by atoms with van der Waals surface area (Å²) in [6, 6.07) is 42.4. The van der Waals surface area contributed by atoms with Gasteiger partial charge < -0.3 is 39.1 Å². The van der Waals surface area contributed by atoms with E-state index in [1.165, 1.54) is 6.07 Å². The van der Waals surface area contributed by atoms with Crippen LogP contribution in [0.2, 0.25) is 20.1 Å². The number of phenols is 1. The number of fused-ring (bicyclic) bond motifs is 2. The first-order chi connectivity index (χ1) is 47.4. The van der Waals surface area contributed by atoms with E-state index in [-0.39, 0.29) is 86.5 Å². The van der Waals surface area contributed by atoms with Gasteiger partial charge in [-0.2, -0.15) is 5.10 Å². The predicted molar refractivity (Wildman–Crippen MR) is 385 cm³/mol. The molecule has 0 saturated carbocycles. The highest BCUT2D eigenvalue weighted by Gasteiger charge is 2.36. The van der Waals surface area contributed by atoms with E-state index in [0.717, 1.165) is 33.0 Å². The fourth-order valence-electron chi connectivity index (χ4n) is 12.4. The van der Waals surface area contributed by atoms with Crippen molar-refractivity contribution < 1.29 is 55.3 Å². The molecule has 2 aliphatic rings. The van der Waals surface area contributed by atoms with Gasteiger partial charge in [-0.1, -0.05) is 94.9 Å². The number of sulfonamides is 2. The fourth-order valence-corrected chi connectivity index (χ4v) is 15.7. The predicted octanol–water partition coefficient (Wildman–Crippen LogP) is 14.8. The lowest BCUT2D eigenvalue weighted by Crippen LogP contribution is -2.47. The highest BCUT2D eigenvalue weighted by atomic mass is 35.5. The van der Waals surface area contributed by atoms with E-state index in [1.807, 2.05) is 88.4 Å². The molecule has 4 amide bonds. The minimum atomic E-state index is -4.08. The monoisotopic (exact) mass is 1460 g/mol. The molecule has 2 fully saturated rings. The number of likely N-dealkylation sites (tertiary alicyclic amines) is 2. The largest absolute Gasteiger partial charge is 0.507 e. The summed E-state index contributed by atoms with van der Waals surface area (Å²) in [4.78, 5) is 63.0. The molecule has 516 valence electrons. The Morgan fingerprint density at radius 3 is 1.47 bits per heavy atom. The van der Waals surface area contributed by atoms with Crippen LogP contribution in [0.3, 0.4) is 0 Å². The van der Waals surface area contributed by atoms with Crippen molar-refractivity contribution in [3.05, 3.63) is 222 Å². The van der Waals surface area contributed by atoms with Crippen molar-refractivity contribution in [2.45, 2.75) is 89.6 Å². The van der Waals surface area contributed by atoms with Crippen LogP contribution in [0.5, 0.6) is 28.7 Å². The number of aromatic hydroxyl groups is 1. The van der Waals surface area contributed by atoms with Gasteiger partial charge in [0, 0.05) is 79.2 Å². The number of ether oxygens (including phenoxy) is 3. The molecule has 5 heterocycles. The highest BCUT2D eigenvalue weighted by molar-refractivity contribution is 7.91. The molecule has 99 heavy (non-hydrogen) atoms. The summed E-state index contributed by atoms with van der Waals surface area (Å²) < 4.78 is 76.3. The third-order valence-electron chi connectivity index (χ3n) is 17.5. The molecule has 0 aliphatic carbocycles. The molecule has 0 radical (unpaired) electrons. The number of rotatable bonds is 21. The topological polar surface area (TPSA) is 275 Å². The van der Waals surface area contributed by atoms with Crippen LogP contribution in [0.25, 0.3) is 33.1 Å². The maximum Gasteiger partial charge on any atom is 0.281 e. The number of para-hydroxylation sites is 2. The summed E-state index contributed by atoms with van der Waals surface area (Å²) in [5, 5.41) is 19.2. The number of H-pyrrole nitrogens is 3.